The second-order valence-corrected chi connectivity index (χ2v) is 22.6. The average Bonchev–Trinajstić information content (AvgIpc) is 3.11. The van der Waals surface area contributed by atoms with Crippen LogP contribution in [0.15, 0.2) is 59.1 Å². The van der Waals surface area contributed by atoms with Gasteiger partial charge in [0, 0.05) is 27.7 Å². The minimum Gasteiger partial charge on any atom is -0.456 e. The number of benzene rings is 3. The zero-order valence-corrected chi connectivity index (χ0v) is 23.6. The lowest BCUT2D eigenvalue weighted by molar-refractivity contribution is 0.649. The van der Waals surface area contributed by atoms with E-state index in [1.165, 1.54) is 48.6 Å². The summed E-state index contributed by atoms with van der Waals surface area (Å²) in [4.78, 5) is 5.21. The van der Waals surface area contributed by atoms with Gasteiger partial charge in [0.1, 0.15) is 11.2 Å². The van der Waals surface area contributed by atoms with E-state index in [4.69, 9.17) is 9.40 Å². The fraction of sp³-hybridized carbons (Fsp3) is 0.300. The summed E-state index contributed by atoms with van der Waals surface area (Å²) in [5, 5.41) is 7.85. The molecule has 0 N–H and O–H groups in total. The third kappa shape index (κ3) is 2.82. The highest BCUT2D eigenvalue weighted by Crippen LogP contribution is 2.50. The molecule has 2 heterocycles. The lowest BCUT2D eigenvalue weighted by Crippen LogP contribution is -2.38. The third-order valence-corrected chi connectivity index (χ3v) is 11.7. The van der Waals surface area contributed by atoms with Crippen molar-refractivity contribution in [1.29, 1.82) is 0 Å². The molecule has 5 aromatic rings. The van der Waals surface area contributed by atoms with Crippen LogP contribution in [0.3, 0.4) is 0 Å². The molecule has 1 aliphatic carbocycles. The smallest absolute Gasteiger partial charge is 0.138 e. The topological polar surface area (TPSA) is 26.0 Å². The van der Waals surface area contributed by atoms with E-state index < -0.39 is 16.1 Å². The van der Waals surface area contributed by atoms with Crippen molar-refractivity contribution in [3.63, 3.8) is 0 Å². The minimum atomic E-state index is -1.67. The van der Waals surface area contributed by atoms with Gasteiger partial charge in [-0.1, -0.05) is 102 Å². The monoisotopic (exact) mass is 479 g/mol. The van der Waals surface area contributed by atoms with E-state index in [1.54, 1.807) is 0 Å². The van der Waals surface area contributed by atoms with Gasteiger partial charge in [-0.05, 0) is 27.1 Å². The van der Waals surface area contributed by atoms with Crippen LogP contribution in [0.5, 0.6) is 0 Å². The molecule has 0 amide bonds. The Morgan fingerprint density at radius 2 is 1.41 bits per heavy atom. The van der Waals surface area contributed by atoms with Crippen molar-refractivity contribution in [1.82, 2.24) is 4.98 Å². The molecular formula is C30H33NOSi2. The standard InChI is InChI=1S/C30H33NOSi2/c1-30(2)21-15-16-22(33(3,4)5)28-24(21)25-27(31-17-23(29(25)32-28)34(6,7)8)20-14-13-18-11-9-10-12-19(18)26(20)30/h9-17H,1-8H3. The van der Waals surface area contributed by atoms with Gasteiger partial charge in [0.15, 0.2) is 0 Å². The van der Waals surface area contributed by atoms with E-state index in [1.807, 2.05) is 0 Å². The van der Waals surface area contributed by atoms with Gasteiger partial charge in [0.25, 0.3) is 0 Å². The van der Waals surface area contributed by atoms with Gasteiger partial charge in [0.05, 0.1) is 27.2 Å². The highest BCUT2D eigenvalue weighted by molar-refractivity contribution is 6.91. The maximum absolute atomic E-state index is 6.95. The Morgan fingerprint density at radius 3 is 2.12 bits per heavy atom. The largest absolute Gasteiger partial charge is 0.456 e. The lowest BCUT2D eigenvalue weighted by atomic mass is 9.74. The first-order chi connectivity index (χ1) is 15.9. The normalized spacial score (nSPS) is 15.3. The molecule has 0 aliphatic heterocycles. The molecule has 0 saturated carbocycles. The fourth-order valence-electron chi connectivity index (χ4n) is 6.00. The van der Waals surface area contributed by atoms with Gasteiger partial charge < -0.3 is 4.42 Å². The van der Waals surface area contributed by atoms with Crippen molar-refractivity contribution in [3.05, 3.63) is 65.9 Å². The Labute approximate surface area is 204 Å². The van der Waals surface area contributed by atoms with Crippen molar-refractivity contribution in [2.45, 2.75) is 58.5 Å². The van der Waals surface area contributed by atoms with Crippen molar-refractivity contribution in [2.24, 2.45) is 0 Å². The summed E-state index contributed by atoms with van der Waals surface area (Å²) in [6.07, 6.45) is 2.12. The van der Waals surface area contributed by atoms with Crippen LogP contribution in [0.25, 0.3) is 44.0 Å². The minimum absolute atomic E-state index is 0.191. The molecule has 0 unspecified atom stereocenters. The summed E-state index contributed by atoms with van der Waals surface area (Å²) in [5.41, 5.74) is 7.03. The highest BCUT2D eigenvalue weighted by atomic mass is 28.3. The molecule has 0 saturated heterocycles. The van der Waals surface area contributed by atoms with Crippen molar-refractivity contribution < 1.29 is 4.42 Å². The Kier molecular flexibility index (Phi) is 4.30. The van der Waals surface area contributed by atoms with Crippen LogP contribution in [0.2, 0.25) is 39.3 Å². The van der Waals surface area contributed by atoms with E-state index in [0.29, 0.717) is 0 Å². The molecule has 4 heteroatoms. The summed E-state index contributed by atoms with van der Waals surface area (Å²) in [6, 6.07) is 18.1. The van der Waals surface area contributed by atoms with Crippen molar-refractivity contribution >= 4 is 59.2 Å². The van der Waals surface area contributed by atoms with Crippen LogP contribution in [0.1, 0.15) is 25.0 Å². The molecule has 6 rings (SSSR count). The van der Waals surface area contributed by atoms with Crippen LogP contribution >= 0.6 is 0 Å². The number of hydrogen-bond acceptors (Lipinski definition) is 2. The van der Waals surface area contributed by atoms with Gasteiger partial charge in [-0.15, -0.1) is 0 Å². The van der Waals surface area contributed by atoms with E-state index in [-0.39, 0.29) is 5.41 Å². The maximum Gasteiger partial charge on any atom is 0.138 e. The first-order valence-electron chi connectivity index (χ1n) is 12.3. The number of hydrogen-bond donors (Lipinski definition) is 0. The fourth-order valence-corrected chi connectivity index (χ4v) is 8.75. The predicted octanol–water partition coefficient (Wildman–Crippen LogP) is 7.53. The van der Waals surface area contributed by atoms with Gasteiger partial charge in [0.2, 0.25) is 0 Å². The molecule has 0 bridgehead atoms. The Bertz CT molecular complexity index is 1640. The molecule has 0 spiro atoms. The molecule has 172 valence electrons. The summed E-state index contributed by atoms with van der Waals surface area (Å²) in [5.74, 6) is 0. The maximum atomic E-state index is 6.95. The van der Waals surface area contributed by atoms with Crippen LogP contribution in [-0.2, 0) is 5.41 Å². The number of furan rings is 1. The SMILES string of the molecule is CC1(C)c2c(ccc3ccccc23)-c2ncc([Si](C)(C)C)c3oc4c([Si](C)(C)C)ccc1c4c23. The first-order valence-corrected chi connectivity index (χ1v) is 19.3. The van der Waals surface area contributed by atoms with Crippen LogP contribution in [-0.4, -0.2) is 21.1 Å². The Balaban J connectivity index is 1.92. The Hall–Kier alpha value is -2.70. The third-order valence-electron chi connectivity index (χ3n) is 7.74. The summed E-state index contributed by atoms with van der Waals surface area (Å²) in [6.45, 7) is 19.2. The second-order valence-electron chi connectivity index (χ2n) is 12.5. The highest BCUT2D eigenvalue weighted by Gasteiger charge is 2.38. The zero-order chi connectivity index (χ0) is 24.2. The summed E-state index contributed by atoms with van der Waals surface area (Å²) in [7, 11) is -3.30. The molecule has 2 nitrogen and oxygen atoms in total. The molecular weight excluding hydrogens is 447 g/mol. The van der Waals surface area contributed by atoms with Crippen molar-refractivity contribution in [3.8, 4) is 11.3 Å². The van der Waals surface area contributed by atoms with Gasteiger partial charge >= 0.3 is 0 Å². The molecule has 2 aromatic heterocycles. The lowest BCUT2D eigenvalue weighted by Gasteiger charge is -2.30. The molecule has 0 radical (unpaired) electrons. The number of pyridine rings is 1. The van der Waals surface area contributed by atoms with E-state index in [9.17, 15) is 0 Å². The van der Waals surface area contributed by atoms with Gasteiger partial charge in [-0.25, -0.2) is 0 Å². The van der Waals surface area contributed by atoms with Gasteiger partial charge in [-0.2, -0.15) is 0 Å². The van der Waals surface area contributed by atoms with Crippen molar-refractivity contribution in [2.75, 3.05) is 0 Å². The van der Waals surface area contributed by atoms with E-state index in [0.717, 1.165) is 16.9 Å². The van der Waals surface area contributed by atoms with E-state index in [2.05, 4.69) is 108 Å². The molecule has 0 fully saturated rings. The molecule has 3 aromatic carbocycles. The summed E-state index contributed by atoms with van der Waals surface area (Å²) >= 11 is 0. The van der Waals surface area contributed by atoms with Gasteiger partial charge in [-0.3, -0.25) is 4.98 Å². The molecule has 0 atom stereocenters. The first kappa shape index (κ1) is 21.8. The van der Waals surface area contributed by atoms with Crippen LogP contribution in [0, 0.1) is 0 Å². The number of nitrogens with zero attached hydrogens (tertiary/aromatic N) is 1. The van der Waals surface area contributed by atoms with E-state index >= 15 is 0 Å². The predicted molar refractivity (Wildman–Crippen MR) is 153 cm³/mol. The van der Waals surface area contributed by atoms with Crippen LogP contribution < -0.4 is 10.4 Å². The molecule has 1 aliphatic rings. The number of aromatic nitrogens is 1. The number of fused-ring (bicyclic) bond motifs is 4. The van der Waals surface area contributed by atoms with Crippen LogP contribution in [0.4, 0.5) is 0 Å². The number of rotatable bonds is 2. The average molecular weight is 480 g/mol. The Morgan fingerprint density at radius 1 is 0.735 bits per heavy atom. The second kappa shape index (κ2) is 6.70. The summed E-state index contributed by atoms with van der Waals surface area (Å²) < 4.78 is 6.95. The quantitative estimate of drug-likeness (QED) is 0.245. The zero-order valence-electron chi connectivity index (χ0n) is 21.6. The molecule has 34 heavy (non-hydrogen) atoms.